The average Bonchev–Trinajstić information content (AvgIpc) is 3.03. The zero-order valence-corrected chi connectivity index (χ0v) is 13.7. The van der Waals surface area contributed by atoms with Crippen LogP contribution in [-0.4, -0.2) is 14.3 Å². The van der Waals surface area contributed by atoms with Crippen molar-refractivity contribution in [2.45, 2.75) is 17.9 Å². The Morgan fingerprint density at radius 1 is 1.00 bits per heavy atom. The van der Waals surface area contributed by atoms with E-state index in [1.165, 1.54) is 0 Å². The highest BCUT2D eigenvalue weighted by Crippen LogP contribution is 2.11. The molecule has 0 unspecified atom stereocenters. The van der Waals surface area contributed by atoms with Crippen molar-refractivity contribution in [2.75, 3.05) is 0 Å². The largest absolute Gasteiger partial charge is 0.339 e. The van der Waals surface area contributed by atoms with Gasteiger partial charge in [-0.25, -0.2) is 0 Å². The lowest BCUT2D eigenvalue weighted by atomic mass is 10.1. The summed E-state index contributed by atoms with van der Waals surface area (Å²) in [7, 11) is -1.13. The third-order valence-corrected chi connectivity index (χ3v) is 4.64. The molecule has 0 radical (unpaired) electrons. The van der Waals surface area contributed by atoms with E-state index >= 15 is 0 Å². The van der Waals surface area contributed by atoms with Crippen LogP contribution in [-0.2, 0) is 28.7 Å². The Kier molecular flexibility index (Phi) is 5.14. The Bertz CT molecular complexity index is 867. The molecular weight excluding hydrogens is 322 g/mol. The van der Waals surface area contributed by atoms with E-state index < -0.39 is 10.8 Å². The van der Waals surface area contributed by atoms with Crippen molar-refractivity contribution in [3.63, 3.8) is 0 Å². The number of benzene rings is 2. The van der Waals surface area contributed by atoms with Gasteiger partial charge in [-0.3, -0.25) is 4.21 Å². The van der Waals surface area contributed by atoms with Crippen LogP contribution in [0.3, 0.4) is 0 Å². The lowest BCUT2D eigenvalue weighted by Crippen LogP contribution is -2.01. The molecule has 1 aromatic heterocycles. The smallest absolute Gasteiger partial charge is 0.231 e. The Balaban J connectivity index is 1.57. The number of aromatic nitrogens is 2. The Morgan fingerprint density at radius 3 is 2.46 bits per heavy atom. The minimum Gasteiger partial charge on any atom is -0.339 e. The zero-order chi connectivity index (χ0) is 16.8. The van der Waals surface area contributed by atoms with Crippen LogP contribution in [0.25, 0.3) is 0 Å². The van der Waals surface area contributed by atoms with Gasteiger partial charge in [-0.2, -0.15) is 10.2 Å². The summed E-state index contributed by atoms with van der Waals surface area (Å²) in [5.74, 6) is 1.62. The molecule has 1 atom stereocenters. The van der Waals surface area contributed by atoms with Gasteiger partial charge in [-0.05, 0) is 23.3 Å². The van der Waals surface area contributed by atoms with Crippen LogP contribution in [0.2, 0.25) is 0 Å². The van der Waals surface area contributed by atoms with Gasteiger partial charge in [0, 0.05) is 16.6 Å². The van der Waals surface area contributed by atoms with Crippen LogP contribution in [0.4, 0.5) is 0 Å². The van der Waals surface area contributed by atoms with Crippen LogP contribution in [0.5, 0.6) is 0 Å². The van der Waals surface area contributed by atoms with Gasteiger partial charge in [0.05, 0.1) is 23.8 Å². The maximum atomic E-state index is 12.2. The van der Waals surface area contributed by atoms with Gasteiger partial charge < -0.3 is 4.52 Å². The summed E-state index contributed by atoms with van der Waals surface area (Å²) in [5.41, 5.74) is 2.60. The summed E-state index contributed by atoms with van der Waals surface area (Å²) in [4.78, 5) is 4.30. The van der Waals surface area contributed by atoms with E-state index in [1.807, 2.05) is 42.5 Å². The summed E-state index contributed by atoms with van der Waals surface area (Å²) in [5, 5.41) is 12.7. The van der Waals surface area contributed by atoms with Gasteiger partial charge in [0.2, 0.25) is 5.89 Å². The van der Waals surface area contributed by atoms with Crippen LogP contribution < -0.4 is 0 Å². The van der Waals surface area contributed by atoms with Crippen molar-refractivity contribution in [2.24, 2.45) is 0 Å². The lowest BCUT2D eigenvalue weighted by molar-refractivity contribution is 0.381. The fourth-order valence-electron chi connectivity index (χ4n) is 2.25. The van der Waals surface area contributed by atoms with E-state index in [0.717, 1.165) is 11.1 Å². The standard InChI is InChI=1S/C18H15N3O2S/c19-11-15-6-8-16(9-7-15)12-24(22)13-17-20-18(23-21-17)10-14-4-2-1-3-5-14/h1-9H,10,12-13H2/t24-/m0/s1. The van der Waals surface area contributed by atoms with Gasteiger partial charge >= 0.3 is 0 Å². The maximum Gasteiger partial charge on any atom is 0.231 e. The van der Waals surface area contributed by atoms with Crippen LogP contribution in [0, 0.1) is 11.3 Å². The lowest BCUT2D eigenvalue weighted by Gasteiger charge is -2.00. The second-order valence-electron chi connectivity index (χ2n) is 5.30. The molecule has 0 aliphatic rings. The number of hydrogen-bond donors (Lipinski definition) is 0. The quantitative estimate of drug-likeness (QED) is 0.691. The molecule has 5 nitrogen and oxygen atoms in total. The van der Waals surface area contributed by atoms with Crippen molar-refractivity contribution in [1.29, 1.82) is 5.26 Å². The molecule has 0 aliphatic carbocycles. The van der Waals surface area contributed by atoms with Crippen molar-refractivity contribution in [1.82, 2.24) is 10.1 Å². The van der Waals surface area contributed by atoms with E-state index in [4.69, 9.17) is 9.78 Å². The fourth-order valence-corrected chi connectivity index (χ4v) is 3.32. The third-order valence-electron chi connectivity index (χ3n) is 3.41. The Morgan fingerprint density at radius 2 is 1.75 bits per heavy atom. The summed E-state index contributed by atoms with van der Waals surface area (Å²) in [6.45, 7) is 0. The van der Waals surface area contributed by atoms with Crippen LogP contribution >= 0.6 is 0 Å². The number of nitrogens with zero attached hydrogens (tertiary/aromatic N) is 3. The molecule has 0 amide bonds. The van der Waals surface area contributed by atoms with Gasteiger partial charge in [0.15, 0.2) is 5.82 Å². The number of hydrogen-bond acceptors (Lipinski definition) is 5. The zero-order valence-electron chi connectivity index (χ0n) is 12.9. The molecule has 6 heteroatoms. The molecule has 1 heterocycles. The first kappa shape index (κ1) is 16.1. The molecule has 120 valence electrons. The molecule has 0 spiro atoms. The molecule has 0 fully saturated rings. The SMILES string of the molecule is N#Cc1ccc(C[S@](=O)Cc2noc(Cc3ccccc3)n2)cc1. The van der Waals surface area contributed by atoms with Gasteiger partial charge in [0.25, 0.3) is 0 Å². The monoisotopic (exact) mass is 337 g/mol. The van der Waals surface area contributed by atoms with Crippen molar-refractivity contribution in [3.05, 3.63) is 83.0 Å². The fraction of sp³-hybridized carbons (Fsp3) is 0.167. The first-order valence-electron chi connectivity index (χ1n) is 7.42. The summed E-state index contributed by atoms with van der Waals surface area (Å²) >= 11 is 0. The molecule has 3 rings (SSSR count). The van der Waals surface area contributed by atoms with Crippen molar-refractivity contribution >= 4 is 10.8 Å². The van der Waals surface area contributed by atoms with Crippen molar-refractivity contribution in [3.8, 4) is 6.07 Å². The van der Waals surface area contributed by atoms with Gasteiger partial charge in [0.1, 0.15) is 0 Å². The first-order valence-corrected chi connectivity index (χ1v) is 8.91. The topological polar surface area (TPSA) is 79.8 Å². The van der Waals surface area contributed by atoms with Gasteiger partial charge in [-0.1, -0.05) is 47.6 Å². The molecule has 0 N–H and O–H groups in total. The Hall–Kier alpha value is -2.78. The highest BCUT2D eigenvalue weighted by atomic mass is 32.2. The molecule has 3 aromatic rings. The highest BCUT2D eigenvalue weighted by Gasteiger charge is 2.11. The second kappa shape index (κ2) is 7.66. The molecule has 2 aromatic carbocycles. The van der Waals surface area contributed by atoms with E-state index in [0.29, 0.717) is 29.5 Å². The molecule has 0 aliphatic heterocycles. The minimum absolute atomic E-state index is 0.248. The van der Waals surface area contributed by atoms with E-state index in [2.05, 4.69) is 16.2 Å². The van der Waals surface area contributed by atoms with Crippen molar-refractivity contribution < 1.29 is 8.73 Å². The molecular formula is C18H15N3O2S. The normalized spacial score (nSPS) is 11.8. The van der Waals surface area contributed by atoms with E-state index in [-0.39, 0.29) is 5.75 Å². The summed E-state index contributed by atoms with van der Waals surface area (Å²) in [6.07, 6.45) is 0.566. The second-order valence-corrected chi connectivity index (χ2v) is 6.76. The van der Waals surface area contributed by atoms with Crippen LogP contribution in [0.1, 0.15) is 28.4 Å². The first-order chi connectivity index (χ1) is 11.7. The van der Waals surface area contributed by atoms with Crippen LogP contribution in [0.15, 0.2) is 59.1 Å². The molecule has 0 bridgehead atoms. The van der Waals surface area contributed by atoms with E-state index in [9.17, 15) is 4.21 Å². The molecule has 24 heavy (non-hydrogen) atoms. The molecule has 0 saturated heterocycles. The average molecular weight is 337 g/mol. The molecule has 0 saturated carbocycles. The summed E-state index contributed by atoms with van der Waals surface area (Å²) < 4.78 is 17.4. The van der Waals surface area contributed by atoms with E-state index in [1.54, 1.807) is 12.1 Å². The Labute approximate surface area is 142 Å². The summed E-state index contributed by atoms with van der Waals surface area (Å²) in [6, 6.07) is 19.0. The number of rotatable bonds is 6. The maximum absolute atomic E-state index is 12.2. The third kappa shape index (κ3) is 4.37. The minimum atomic E-state index is -1.13. The highest BCUT2D eigenvalue weighted by molar-refractivity contribution is 7.83. The predicted octanol–water partition coefficient (Wildman–Crippen LogP) is 2.98. The van der Waals surface area contributed by atoms with Gasteiger partial charge in [-0.15, -0.1) is 0 Å². The number of nitriles is 1. The predicted molar refractivity (Wildman–Crippen MR) is 90.3 cm³/mol.